The molecule has 51 heavy (non-hydrogen) atoms. The maximum absolute atomic E-state index is 13.9. The predicted molar refractivity (Wildman–Crippen MR) is 194 cm³/mol. The van der Waals surface area contributed by atoms with Gasteiger partial charge < -0.3 is 10.6 Å². The van der Waals surface area contributed by atoms with Crippen LogP contribution in [0.1, 0.15) is 83.4 Å². The molecule has 8 nitrogen and oxygen atoms in total. The third-order valence-electron chi connectivity index (χ3n) is 8.95. The van der Waals surface area contributed by atoms with Crippen molar-refractivity contribution >= 4 is 46.4 Å². The van der Waals surface area contributed by atoms with E-state index in [-0.39, 0.29) is 24.7 Å². The van der Waals surface area contributed by atoms with E-state index in [1.807, 2.05) is 11.1 Å². The quantitative estimate of drug-likeness (QED) is 0.151. The number of hydrazine groups is 1. The molecule has 2 aliphatic rings. The summed E-state index contributed by atoms with van der Waals surface area (Å²) in [7, 11) is 0. The van der Waals surface area contributed by atoms with Gasteiger partial charge in [0.05, 0.1) is 38.3 Å². The molecule has 0 radical (unpaired) electrons. The molecule has 1 aliphatic heterocycles. The van der Waals surface area contributed by atoms with Crippen LogP contribution in [0.4, 0.5) is 13.2 Å². The second kappa shape index (κ2) is 16.7. The average molecular weight is 758 g/mol. The van der Waals surface area contributed by atoms with Crippen LogP contribution in [-0.4, -0.2) is 52.3 Å². The van der Waals surface area contributed by atoms with Crippen LogP contribution < -0.4 is 16.1 Å². The van der Waals surface area contributed by atoms with E-state index >= 15 is 0 Å². The van der Waals surface area contributed by atoms with Crippen LogP contribution in [0.3, 0.4) is 0 Å². The molecular formula is C37H37Cl2F3N6O2S. The van der Waals surface area contributed by atoms with E-state index in [0.717, 1.165) is 57.1 Å². The number of carbonyl (C=O) groups is 2. The van der Waals surface area contributed by atoms with Crippen LogP contribution >= 0.6 is 34.5 Å². The predicted octanol–water partition coefficient (Wildman–Crippen LogP) is 8.00. The van der Waals surface area contributed by atoms with Crippen molar-refractivity contribution in [2.24, 2.45) is 0 Å². The Morgan fingerprint density at radius 3 is 2.35 bits per heavy atom. The highest BCUT2D eigenvalue weighted by Crippen LogP contribution is 2.37. The fourth-order valence-corrected chi connectivity index (χ4v) is 7.69. The number of rotatable bonds is 9. The summed E-state index contributed by atoms with van der Waals surface area (Å²) in [4.78, 5) is 28.4. The maximum Gasteiger partial charge on any atom is 0.416 e. The first kappa shape index (κ1) is 36.9. The molecule has 3 N–H and O–H groups in total. The number of benzene rings is 2. The van der Waals surface area contributed by atoms with E-state index in [9.17, 15) is 22.8 Å². The van der Waals surface area contributed by atoms with Crippen molar-refractivity contribution in [1.29, 1.82) is 0 Å². The number of piperidine rings is 1. The van der Waals surface area contributed by atoms with E-state index < -0.39 is 17.6 Å². The first-order valence-corrected chi connectivity index (χ1v) is 18.6. The van der Waals surface area contributed by atoms with Gasteiger partial charge >= 0.3 is 6.18 Å². The number of amides is 2. The zero-order valence-corrected chi connectivity index (χ0v) is 30.0. The van der Waals surface area contributed by atoms with Crippen LogP contribution in [0.15, 0.2) is 54.6 Å². The van der Waals surface area contributed by atoms with Gasteiger partial charge in [-0.3, -0.25) is 15.0 Å². The number of hydrogen-bond donors (Lipinski definition) is 3. The van der Waals surface area contributed by atoms with Gasteiger partial charge in [-0.25, -0.2) is 9.69 Å². The Labute approximate surface area is 308 Å². The summed E-state index contributed by atoms with van der Waals surface area (Å²) in [6.45, 7) is 1.59. The minimum atomic E-state index is -4.43. The molecule has 0 spiro atoms. The zero-order chi connectivity index (χ0) is 36.0. The van der Waals surface area contributed by atoms with Gasteiger partial charge in [0.25, 0.3) is 5.91 Å². The van der Waals surface area contributed by atoms with Crippen molar-refractivity contribution in [3.8, 4) is 28.1 Å². The van der Waals surface area contributed by atoms with Gasteiger partial charge in [0.2, 0.25) is 5.91 Å². The van der Waals surface area contributed by atoms with Gasteiger partial charge in [-0.1, -0.05) is 60.7 Å². The van der Waals surface area contributed by atoms with Gasteiger partial charge in [0.15, 0.2) is 5.69 Å². The van der Waals surface area contributed by atoms with Crippen molar-refractivity contribution < 1.29 is 22.8 Å². The fraction of sp³-hybridized carbons (Fsp3) is 0.378. The number of alkyl halides is 3. The van der Waals surface area contributed by atoms with Crippen molar-refractivity contribution in [3.63, 3.8) is 0 Å². The summed E-state index contributed by atoms with van der Waals surface area (Å²) in [5, 5.41) is 13.8. The second-order valence-corrected chi connectivity index (χ2v) is 14.6. The Bertz CT molecular complexity index is 1920. The number of thiophene rings is 1. The summed E-state index contributed by atoms with van der Waals surface area (Å²) in [5.41, 5.74) is 4.33. The third kappa shape index (κ3) is 9.53. The first-order valence-electron chi connectivity index (χ1n) is 17.0. The Morgan fingerprint density at radius 1 is 0.922 bits per heavy atom. The van der Waals surface area contributed by atoms with E-state index in [1.54, 1.807) is 28.9 Å². The highest BCUT2D eigenvalue weighted by molar-refractivity contribution is 7.16. The van der Waals surface area contributed by atoms with Gasteiger partial charge in [0.1, 0.15) is 0 Å². The summed E-state index contributed by atoms with van der Waals surface area (Å²) in [5.74, 6) is 5.35. The van der Waals surface area contributed by atoms with Gasteiger partial charge in [-0.05, 0) is 80.3 Å². The van der Waals surface area contributed by atoms with E-state index in [4.69, 9.17) is 28.3 Å². The first-order chi connectivity index (χ1) is 24.5. The van der Waals surface area contributed by atoms with E-state index in [1.165, 1.54) is 29.9 Å². The van der Waals surface area contributed by atoms with Crippen molar-refractivity contribution in [1.82, 2.24) is 30.8 Å². The lowest BCUT2D eigenvalue weighted by Crippen LogP contribution is -2.45. The van der Waals surface area contributed by atoms with Crippen molar-refractivity contribution in [2.45, 2.75) is 70.1 Å². The van der Waals surface area contributed by atoms with Crippen LogP contribution in [0, 0.1) is 11.8 Å². The Balaban J connectivity index is 1.36. The molecule has 2 aromatic heterocycles. The van der Waals surface area contributed by atoms with Crippen LogP contribution in [-0.2, 0) is 17.5 Å². The summed E-state index contributed by atoms with van der Waals surface area (Å²) in [6, 6.07) is 13.6. The Kier molecular flexibility index (Phi) is 12.1. The lowest BCUT2D eigenvalue weighted by molar-refractivity contribution is -0.137. The Hall–Kier alpha value is -3.86. The minimum absolute atomic E-state index is 0.0128. The Morgan fingerprint density at radius 2 is 1.65 bits per heavy atom. The molecule has 1 aliphatic carbocycles. The molecule has 1 saturated carbocycles. The maximum atomic E-state index is 13.9. The summed E-state index contributed by atoms with van der Waals surface area (Å²) >= 11 is 14.3. The highest BCUT2D eigenvalue weighted by Gasteiger charge is 2.30. The van der Waals surface area contributed by atoms with Crippen molar-refractivity contribution in [2.75, 3.05) is 19.6 Å². The summed E-state index contributed by atoms with van der Waals surface area (Å²) < 4.78 is 40.7. The molecule has 4 aromatic rings. The molecule has 1 saturated heterocycles. The minimum Gasteiger partial charge on any atom is -0.351 e. The fourth-order valence-electron chi connectivity index (χ4n) is 6.28. The molecule has 2 aromatic carbocycles. The molecular weight excluding hydrogens is 720 g/mol. The summed E-state index contributed by atoms with van der Waals surface area (Å²) in [6.07, 6.45) is 4.15. The standard InChI is InChI=1S/C37H37Cl2F3N6O2S/c38-26-14-17-31(30(39)21-26)48-35(32-18-16-28(51-32)15-11-24-9-12-25(13-10-24)37(40,41)42)29(22-44-33(49)23-43-27-7-3-1-4-8-27)34(45-48)36(50)46-47-19-5-2-6-20-47/h9-10,12-14,16-18,21,27,43H,1-8,19-20,22-23H2,(H,44,49)(H,46,50). The SMILES string of the molecule is O=C(CNC1CCCCC1)NCc1c(C(=O)NN2CCCCC2)nn(-c2ccc(Cl)cc2Cl)c1-c1ccc(C#Cc2ccc(C(F)(F)F)cc2)s1. The number of nitrogens with one attached hydrogen (secondary N) is 3. The molecule has 6 rings (SSSR count). The molecule has 3 heterocycles. The van der Waals surface area contributed by atoms with Crippen LogP contribution in [0.5, 0.6) is 0 Å². The molecule has 0 bridgehead atoms. The lowest BCUT2D eigenvalue weighted by Gasteiger charge is -2.26. The molecule has 2 fully saturated rings. The van der Waals surface area contributed by atoms with Gasteiger partial charge in [-0.2, -0.15) is 18.3 Å². The highest BCUT2D eigenvalue weighted by atomic mass is 35.5. The number of carbonyl (C=O) groups excluding carboxylic acids is 2. The second-order valence-electron chi connectivity index (χ2n) is 12.7. The van der Waals surface area contributed by atoms with E-state index in [0.29, 0.717) is 61.4 Å². The third-order valence-corrected chi connectivity index (χ3v) is 10.5. The normalized spacial score (nSPS) is 15.6. The smallest absolute Gasteiger partial charge is 0.351 e. The monoisotopic (exact) mass is 756 g/mol. The number of aromatic nitrogens is 2. The number of hydrogen-bond acceptors (Lipinski definition) is 6. The van der Waals surface area contributed by atoms with E-state index in [2.05, 4.69) is 27.9 Å². The number of halogens is 5. The molecule has 0 unspecified atom stereocenters. The van der Waals surface area contributed by atoms with Crippen LogP contribution in [0.2, 0.25) is 10.0 Å². The van der Waals surface area contributed by atoms with Crippen molar-refractivity contribution in [3.05, 3.63) is 91.9 Å². The number of nitrogens with zero attached hydrogens (tertiary/aromatic N) is 3. The lowest BCUT2D eigenvalue weighted by atomic mass is 9.95. The average Bonchev–Trinajstić information content (AvgIpc) is 3.74. The van der Waals surface area contributed by atoms with Gasteiger partial charge in [-0.15, -0.1) is 11.3 Å². The molecule has 268 valence electrons. The molecule has 0 atom stereocenters. The molecule has 2 amide bonds. The van der Waals surface area contributed by atoms with Crippen LogP contribution in [0.25, 0.3) is 16.3 Å². The van der Waals surface area contributed by atoms with Gasteiger partial charge in [0, 0.05) is 41.8 Å². The largest absolute Gasteiger partial charge is 0.416 e. The topological polar surface area (TPSA) is 91.3 Å². The zero-order valence-electron chi connectivity index (χ0n) is 27.7. The molecule has 14 heteroatoms.